The van der Waals surface area contributed by atoms with Crippen LogP contribution in [-0.4, -0.2) is 42.0 Å². The van der Waals surface area contributed by atoms with Gasteiger partial charge in [-0.3, -0.25) is 10.1 Å². The van der Waals surface area contributed by atoms with Gasteiger partial charge in [0.1, 0.15) is 4.11 Å². The van der Waals surface area contributed by atoms with E-state index in [0.29, 0.717) is 5.39 Å². The molecule has 2 aromatic rings. The van der Waals surface area contributed by atoms with Crippen LogP contribution in [0.5, 0.6) is 0 Å². The van der Waals surface area contributed by atoms with Crippen LogP contribution < -0.4 is 0 Å². The lowest BCUT2D eigenvalue weighted by molar-refractivity contribution is -0.383. The third-order valence-corrected chi connectivity index (χ3v) is 6.65. The summed E-state index contributed by atoms with van der Waals surface area (Å²) in [6.45, 7) is 4.31. The number of nitrogens with zero attached hydrogens (tertiary/aromatic N) is 3. The first-order valence-electron chi connectivity index (χ1n) is 8.92. The largest absolute Gasteiger partial charge is 0.381 e. The smallest absolute Gasteiger partial charge is 0.277 e. The van der Waals surface area contributed by atoms with E-state index < -0.39 is 4.11 Å². The fraction of sp³-hybridized carbons (Fsp3) is 0.421. The Morgan fingerprint density at radius 1 is 1.37 bits per heavy atom. The zero-order chi connectivity index (χ0) is 19.6. The molecule has 27 heavy (non-hydrogen) atoms. The van der Waals surface area contributed by atoms with Gasteiger partial charge in [0.25, 0.3) is 5.69 Å². The number of thioether (sulfide) groups is 1. The number of hydrogen-bond acceptors (Lipinski definition) is 5. The number of alkyl halides is 1. The van der Waals surface area contributed by atoms with Crippen LogP contribution in [0.3, 0.4) is 0 Å². The van der Waals surface area contributed by atoms with Crippen LogP contribution >= 0.6 is 34.4 Å². The van der Waals surface area contributed by atoms with Crippen LogP contribution in [0, 0.1) is 10.1 Å². The molecule has 0 bridgehead atoms. The minimum atomic E-state index is -0.476. The van der Waals surface area contributed by atoms with Gasteiger partial charge in [0.05, 0.1) is 22.0 Å². The van der Waals surface area contributed by atoms with Crippen molar-refractivity contribution < 1.29 is 10.0 Å². The molecular weight excluding hydrogens is 477 g/mol. The SMILES string of the molecule is CCCC(C)N1C(=Nc2ccc([N+](=O)[O-])c3ccccc23)SC[C@@H]1[C@H](O)I. The number of aliphatic imine (C=N–C) groups is 1. The molecule has 1 aliphatic heterocycles. The van der Waals surface area contributed by atoms with Crippen molar-refractivity contribution >= 4 is 61.7 Å². The fourth-order valence-electron chi connectivity index (χ4n) is 3.46. The first-order chi connectivity index (χ1) is 12.9. The number of benzene rings is 2. The summed E-state index contributed by atoms with van der Waals surface area (Å²) in [5.74, 6) is 0.780. The van der Waals surface area contributed by atoms with Crippen molar-refractivity contribution in [2.45, 2.75) is 42.9 Å². The zero-order valence-electron chi connectivity index (χ0n) is 15.2. The van der Waals surface area contributed by atoms with Crippen molar-refractivity contribution in [3.05, 3.63) is 46.5 Å². The standard InChI is InChI=1S/C19H22IN3O3S/c1-3-6-12(2)22-17(18(20)24)11-27-19(22)21-15-9-10-16(23(25)26)14-8-5-4-7-13(14)15/h4-5,7-10,12,17-18,24H,3,6,11H2,1-2H3/t12?,17-,18+/m1/s1. The number of fused-ring (bicyclic) bond motifs is 1. The summed E-state index contributed by atoms with van der Waals surface area (Å²) in [7, 11) is 0. The third-order valence-electron chi connectivity index (χ3n) is 4.75. The van der Waals surface area contributed by atoms with Crippen molar-refractivity contribution in [1.82, 2.24) is 4.90 Å². The van der Waals surface area contributed by atoms with Gasteiger partial charge in [0, 0.05) is 23.2 Å². The molecule has 8 heteroatoms. The van der Waals surface area contributed by atoms with Gasteiger partial charge in [-0.1, -0.05) is 43.3 Å². The minimum Gasteiger partial charge on any atom is -0.381 e. The Balaban J connectivity index is 2.07. The molecule has 1 aliphatic rings. The number of aliphatic hydroxyl groups is 1. The second-order valence-corrected chi connectivity index (χ2v) is 8.86. The molecule has 0 amide bonds. The van der Waals surface area contributed by atoms with E-state index in [1.165, 1.54) is 6.07 Å². The summed E-state index contributed by atoms with van der Waals surface area (Å²) in [5.41, 5.74) is 0.807. The second kappa shape index (κ2) is 8.74. The maximum atomic E-state index is 11.3. The van der Waals surface area contributed by atoms with Crippen LogP contribution in [0.15, 0.2) is 41.4 Å². The van der Waals surface area contributed by atoms with E-state index in [-0.39, 0.29) is 22.7 Å². The highest BCUT2D eigenvalue weighted by Crippen LogP contribution is 2.37. The van der Waals surface area contributed by atoms with E-state index in [9.17, 15) is 15.2 Å². The molecular formula is C19H22IN3O3S. The first kappa shape index (κ1) is 20.3. The summed E-state index contributed by atoms with van der Waals surface area (Å²) >= 11 is 3.69. The van der Waals surface area contributed by atoms with Crippen LogP contribution in [0.25, 0.3) is 10.8 Å². The van der Waals surface area contributed by atoms with E-state index in [1.54, 1.807) is 30.0 Å². The Morgan fingerprint density at radius 3 is 2.70 bits per heavy atom. The average Bonchev–Trinajstić information content (AvgIpc) is 3.06. The highest BCUT2D eigenvalue weighted by atomic mass is 127. The lowest BCUT2D eigenvalue weighted by Crippen LogP contribution is -2.45. The number of amidine groups is 1. The van der Waals surface area contributed by atoms with E-state index in [1.807, 2.05) is 12.1 Å². The van der Waals surface area contributed by atoms with Crippen molar-refractivity contribution in [2.75, 3.05) is 5.75 Å². The molecule has 0 radical (unpaired) electrons. The molecule has 1 N–H and O–H groups in total. The van der Waals surface area contributed by atoms with Crippen LogP contribution in [0.1, 0.15) is 26.7 Å². The molecule has 1 saturated heterocycles. The molecule has 2 aromatic carbocycles. The molecule has 1 unspecified atom stereocenters. The molecule has 3 rings (SSSR count). The molecule has 1 fully saturated rings. The summed E-state index contributed by atoms with van der Waals surface area (Å²) in [4.78, 5) is 18.1. The summed E-state index contributed by atoms with van der Waals surface area (Å²) in [6.07, 6.45) is 2.07. The topological polar surface area (TPSA) is 79.0 Å². The van der Waals surface area contributed by atoms with E-state index in [4.69, 9.17) is 4.99 Å². The predicted molar refractivity (Wildman–Crippen MR) is 120 cm³/mol. The number of hydrogen-bond donors (Lipinski definition) is 1. The van der Waals surface area contributed by atoms with Gasteiger partial charge in [-0.25, -0.2) is 4.99 Å². The quantitative estimate of drug-likeness (QED) is 0.259. The van der Waals surface area contributed by atoms with Crippen molar-refractivity contribution in [3.8, 4) is 0 Å². The fourth-order valence-corrected chi connectivity index (χ4v) is 5.69. The summed E-state index contributed by atoms with van der Waals surface area (Å²) in [5, 5.41) is 23.8. The highest BCUT2D eigenvalue weighted by Gasteiger charge is 2.37. The molecule has 0 saturated carbocycles. The van der Waals surface area contributed by atoms with Crippen LogP contribution in [0.2, 0.25) is 0 Å². The molecule has 0 aromatic heterocycles. The third kappa shape index (κ3) is 4.22. The number of non-ortho nitro benzene ring substituents is 1. The Labute approximate surface area is 176 Å². The maximum Gasteiger partial charge on any atom is 0.277 e. The van der Waals surface area contributed by atoms with E-state index in [2.05, 4.69) is 41.3 Å². The molecule has 6 nitrogen and oxygen atoms in total. The Hall–Kier alpha value is -1.39. The normalized spacial score (nSPS) is 21.0. The molecule has 3 atom stereocenters. The van der Waals surface area contributed by atoms with Gasteiger partial charge in [0.15, 0.2) is 5.17 Å². The molecule has 144 valence electrons. The Morgan fingerprint density at radius 2 is 2.07 bits per heavy atom. The van der Waals surface area contributed by atoms with Gasteiger partial charge in [-0.05, 0) is 48.1 Å². The van der Waals surface area contributed by atoms with Gasteiger partial charge in [-0.2, -0.15) is 0 Å². The van der Waals surface area contributed by atoms with Gasteiger partial charge >= 0.3 is 0 Å². The summed E-state index contributed by atoms with van der Waals surface area (Å²) in [6, 6.07) is 10.8. The average molecular weight is 499 g/mol. The zero-order valence-corrected chi connectivity index (χ0v) is 18.2. The molecule has 1 heterocycles. The van der Waals surface area contributed by atoms with Crippen molar-refractivity contribution in [2.24, 2.45) is 4.99 Å². The lowest BCUT2D eigenvalue weighted by Gasteiger charge is -2.33. The maximum absolute atomic E-state index is 11.3. The van der Waals surface area contributed by atoms with E-state index in [0.717, 1.165) is 34.8 Å². The first-order valence-corrected chi connectivity index (χ1v) is 11.1. The van der Waals surface area contributed by atoms with Gasteiger partial charge in [-0.15, -0.1) is 0 Å². The summed E-state index contributed by atoms with van der Waals surface area (Å²) < 4.78 is -0.476. The second-order valence-electron chi connectivity index (χ2n) is 6.60. The van der Waals surface area contributed by atoms with Gasteiger partial charge in [0.2, 0.25) is 0 Å². The number of rotatable bonds is 6. The monoisotopic (exact) mass is 499 g/mol. The molecule has 0 aliphatic carbocycles. The van der Waals surface area contributed by atoms with Crippen molar-refractivity contribution in [3.63, 3.8) is 0 Å². The Kier molecular flexibility index (Phi) is 6.59. The highest BCUT2D eigenvalue weighted by molar-refractivity contribution is 14.1. The van der Waals surface area contributed by atoms with Crippen LogP contribution in [-0.2, 0) is 0 Å². The van der Waals surface area contributed by atoms with E-state index >= 15 is 0 Å². The molecule has 0 spiro atoms. The minimum absolute atomic E-state index is 0.0141. The number of nitro groups is 1. The van der Waals surface area contributed by atoms with Gasteiger partial charge < -0.3 is 10.0 Å². The number of halogens is 1. The Bertz CT molecular complexity index is 874. The lowest BCUT2D eigenvalue weighted by atomic mass is 10.1. The number of aliphatic hydroxyl groups excluding tert-OH is 1. The van der Waals surface area contributed by atoms with Crippen molar-refractivity contribution in [1.29, 1.82) is 0 Å². The predicted octanol–water partition coefficient (Wildman–Crippen LogP) is 5.09. The number of nitro benzene ring substituents is 1. The van der Waals surface area contributed by atoms with Crippen LogP contribution in [0.4, 0.5) is 11.4 Å².